The van der Waals surface area contributed by atoms with E-state index in [1.165, 1.54) is 25.7 Å². The number of nitrogens with zero attached hydrogens (tertiary/aromatic N) is 2. The predicted molar refractivity (Wildman–Crippen MR) is 72.9 cm³/mol. The number of Topliss-reactive ketones (excluding diaryl/α,β-unsaturated/α-hetero) is 1. The van der Waals surface area contributed by atoms with E-state index in [1.807, 2.05) is 11.8 Å². The second-order valence-electron chi connectivity index (χ2n) is 5.14. The second-order valence-corrected chi connectivity index (χ2v) is 6.43. The van der Waals surface area contributed by atoms with Gasteiger partial charge in [-0.25, -0.2) is 9.97 Å². The molecule has 0 unspecified atom stereocenters. The highest BCUT2D eigenvalue weighted by Crippen LogP contribution is 2.31. The lowest BCUT2D eigenvalue weighted by Crippen LogP contribution is -2.14. The van der Waals surface area contributed by atoms with Crippen LogP contribution in [0, 0.1) is 0 Å². The summed E-state index contributed by atoms with van der Waals surface area (Å²) in [5.41, 5.74) is 1.74. The lowest BCUT2D eigenvalue weighted by molar-refractivity contribution is 0.0971. The largest absolute Gasteiger partial charge is 0.294 e. The first kappa shape index (κ1) is 12.2. The van der Waals surface area contributed by atoms with E-state index in [-0.39, 0.29) is 5.78 Å². The van der Waals surface area contributed by atoms with Gasteiger partial charge in [0.05, 0.1) is 17.0 Å². The van der Waals surface area contributed by atoms with Crippen LogP contribution in [0.2, 0.25) is 0 Å². The van der Waals surface area contributed by atoms with Gasteiger partial charge in [0.2, 0.25) is 0 Å². The van der Waals surface area contributed by atoms with Gasteiger partial charge in [0.25, 0.3) is 0 Å². The van der Waals surface area contributed by atoms with Crippen molar-refractivity contribution in [2.45, 2.75) is 55.9 Å². The molecule has 0 spiro atoms. The Morgan fingerprint density at radius 2 is 2.06 bits per heavy atom. The van der Waals surface area contributed by atoms with E-state index in [0.29, 0.717) is 6.42 Å². The standard InChI is InChI=1S/C14H18N2OS/c17-13-7-3-6-12-11(13)8-15-14(16-12)9-18-10-4-1-2-5-10/h8,10H,1-7,9H2. The van der Waals surface area contributed by atoms with E-state index in [2.05, 4.69) is 9.97 Å². The van der Waals surface area contributed by atoms with E-state index in [9.17, 15) is 4.79 Å². The van der Waals surface area contributed by atoms with Gasteiger partial charge in [0.15, 0.2) is 5.78 Å². The molecule has 2 aliphatic rings. The molecule has 2 aliphatic carbocycles. The van der Waals surface area contributed by atoms with Crippen LogP contribution in [0.5, 0.6) is 0 Å². The number of hydrogen-bond acceptors (Lipinski definition) is 4. The first-order valence-electron chi connectivity index (χ1n) is 6.82. The zero-order chi connectivity index (χ0) is 12.4. The third-order valence-electron chi connectivity index (χ3n) is 3.79. The average Bonchev–Trinajstić information content (AvgIpc) is 2.90. The van der Waals surface area contributed by atoms with E-state index in [0.717, 1.165) is 40.9 Å². The molecule has 18 heavy (non-hydrogen) atoms. The number of carbonyl (C=O) groups excluding carboxylic acids is 1. The molecule has 0 atom stereocenters. The molecular weight excluding hydrogens is 244 g/mol. The fourth-order valence-electron chi connectivity index (χ4n) is 2.75. The Balaban J connectivity index is 1.67. The molecule has 3 rings (SSSR count). The van der Waals surface area contributed by atoms with Gasteiger partial charge >= 0.3 is 0 Å². The molecule has 1 aromatic heterocycles. The van der Waals surface area contributed by atoms with Gasteiger partial charge in [-0.2, -0.15) is 11.8 Å². The molecular formula is C14H18N2OS. The van der Waals surface area contributed by atoms with Crippen molar-refractivity contribution in [3.63, 3.8) is 0 Å². The van der Waals surface area contributed by atoms with Crippen molar-refractivity contribution in [2.75, 3.05) is 0 Å². The summed E-state index contributed by atoms with van der Waals surface area (Å²) in [6, 6.07) is 0. The number of rotatable bonds is 3. The second kappa shape index (κ2) is 5.39. The van der Waals surface area contributed by atoms with Crippen molar-refractivity contribution in [3.05, 3.63) is 23.3 Å². The lowest BCUT2D eigenvalue weighted by Gasteiger charge is -2.14. The number of aryl methyl sites for hydroxylation is 1. The van der Waals surface area contributed by atoms with E-state index in [1.54, 1.807) is 6.20 Å². The van der Waals surface area contributed by atoms with E-state index >= 15 is 0 Å². The first-order chi connectivity index (χ1) is 8.83. The Bertz CT molecular complexity index is 455. The number of carbonyl (C=O) groups is 1. The van der Waals surface area contributed by atoms with Crippen LogP contribution in [0.1, 0.15) is 60.4 Å². The minimum atomic E-state index is 0.214. The molecule has 0 aliphatic heterocycles. The summed E-state index contributed by atoms with van der Waals surface area (Å²) in [6.45, 7) is 0. The quantitative estimate of drug-likeness (QED) is 0.839. The third kappa shape index (κ3) is 2.58. The van der Waals surface area contributed by atoms with Crippen LogP contribution in [-0.2, 0) is 12.2 Å². The first-order valence-corrected chi connectivity index (χ1v) is 7.87. The zero-order valence-corrected chi connectivity index (χ0v) is 11.3. The summed E-state index contributed by atoms with van der Waals surface area (Å²) in [4.78, 5) is 20.6. The Morgan fingerprint density at radius 1 is 1.22 bits per heavy atom. The summed E-state index contributed by atoms with van der Waals surface area (Å²) < 4.78 is 0. The normalized spacial score (nSPS) is 20.1. The molecule has 96 valence electrons. The highest BCUT2D eigenvalue weighted by Gasteiger charge is 2.20. The number of hydrogen-bond donors (Lipinski definition) is 0. The average molecular weight is 262 g/mol. The molecule has 0 radical (unpaired) electrons. The van der Waals surface area contributed by atoms with Gasteiger partial charge in [-0.05, 0) is 25.7 Å². The Morgan fingerprint density at radius 3 is 2.89 bits per heavy atom. The van der Waals surface area contributed by atoms with Crippen LogP contribution in [-0.4, -0.2) is 21.0 Å². The maximum Gasteiger partial charge on any atom is 0.166 e. The van der Waals surface area contributed by atoms with Crippen molar-refractivity contribution in [1.29, 1.82) is 0 Å². The maximum absolute atomic E-state index is 11.7. The Labute approximate surface area is 112 Å². The zero-order valence-electron chi connectivity index (χ0n) is 10.5. The van der Waals surface area contributed by atoms with Gasteiger partial charge in [0, 0.05) is 17.9 Å². The molecule has 0 aromatic carbocycles. The van der Waals surface area contributed by atoms with Crippen LogP contribution in [0.3, 0.4) is 0 Å². The van der Waals surface area contributed by atoms with Crippen molar-refractivity contribution in [2.24, 2.45) is 0 Å². The highest BCUT2D eigenvalue weighted by atomic mass is 32.2. The molecule has 1 saturated carbocycles. The summed E-state index contributed by atoms with van der Waals surface area (Å²) in [6.07, 6.45) is 9.71. The van der Waals surface area contributed by atoms with Gasteiger partial charge in [-0.15, -0.1) is 0 Å². The molecule has 0 bridgehead atoms. The minimum absolute atomic E-state index is 0.214. The highest BCUT2D eigenvalue weighted by molar-refractivity contribution is 7.99. The molecule has 3 nitrogen and oxygen atoms in total. The van der Waals surface area contributed by atoms with Gasteiger partial charge in [-0.1, -0.05) is 12.8 Å². The summed E-state index contributed by atoms with van der Waals surface area (Å²) in [5.74, 6) is 2.01. The lowest BCUT2D eigenvalue weighted by atomic mass is 9.96. The van der Waals surface area contributed by atoms with Crippen molar-refractivity contribution in [1.82, 2.24) is 9.97 Å². The minimum Gasteiger partial charge on any atom is -0.294 e. The summed E-state index contributed by atoms with van der Waals surface area (Å²) >= 11 is 1.98. The fraction of sp³-hybridized carbons (Fsp3) is 0.643. The number of aromatic nitrogens is 2. The van der Waals surface area contributed by atoms with Gasteiger partial charge in [-0.3, -0.25) is 4.79 Å². The number of fused-ring (bicyclic) bond motifs is 1. The van der Waals surface area contributed by atoms with Crippen LogP contribution in [0.4, 0.5) is 0 Å². The SMILES string of the molecule is O=C1CCCc2nc(CSC3CCCC3)ncc21. The predicted octanol–water partition coefficient (Wildman–Crippen LogP) is 3.17. The van der Waals surface area contributed by atoms with Crippen molar-refractivity contribution >= 4 is 17.5 Å². The van der Waals surface area contributed by atoms with Crippen LogP contribution in [0.25, 0.3) is 0 Å². The third-order valence-corrected chi connectivity index (χ3v) is 5.15. The topological polar surface area (TPSA) is 42.9 Å². The molecule has 4 heteroatoms. The summed E-state index contributed by atoms with van der Waals surface area (Å²) in [5, 5.41) is 0.797. The van der Waals surface area contributed by atoms with Gasteiger partial charge < -0.3 is 0 Å². The molecule has 0 saturated heterocycles. The molecule has 1 heterocycles. The monoisotopic (exact) mass is 262 g/mol. The Hall–Kier alpha value is -0.900. The van der Waals surface area contributed by atoms with Crippen LogP contribution in [0.15, 0.2) is 6.20 Å². The van der Waals surface area contributed by atoms with E-state index < -0.39 is 0 Å². The molecule has 1 aromatic rings. The van der Waals surface area contributed by atoms with Crippen LogP contribution >= 0.6 is 11.8 Å². The summed E-state index contributed by atoms with van der Waals surface area (Å²) in [7, 11) is 0. The molecule has 1 fully saturated rings. The van der Waals surface area contributed by atoms with E-state index in [4.69, 9.17) is 0 Å². The maximum atomic E-state index is 11.7. The Kier molecular flexibility index (Phi) is 3.64. The van der Waals surface area contributed by atoms with Crippen LogP contribution < -0.4 is 0 Å². The number of ketones is 1. The molecule has 0 amide bonds. The smallest absolute Gasteiger partial charge is 0.166 e. The van der Waals surface area contributed by atoms with Crippen molar-refractivity contribution in [3.8, 4) is 0 Å². The van der Waals surface area contributed by atoms with Gasteiger partial charge in [0.1, 0.15) is 5.82 Å². The molecule has 0 N–H and O–H groups in total. The fourth-order valence-corrected chi connectivity index (χ4v) is 3.94. The number of thioether (sulfide) groups is 1. The van der Waals surface area contributed by atoms with Crippen molar-refractivity contribution < 1.29 is 4.79 Å².